The van der Waals surface area contributed by atoms with Gasteiger partial charge in [-0.15, -0.1) is 0 Å². The largest absolute Gasteiger partial charge is 0.339 e. The van der Waals surface area contributed by atoms with Gasteiger partial charge in [0, 0.05) is 25.0 Å². The smallest absolute Gasteiger partial charge is 0.224 e. The fourth-order valence-electron chi connectivity index (χ4n) is 4.36. The highest BCUT2D eigenvalue weighted by atomic mass is 16.2. The van der Waals surface area contributed by atoms with E-state index in [9.17, 15) is 4.79 Å². The highest BCUT2D eigenvalue weighted by Gasteiger charge is 2.36. The summed E-state index contributed by atoms with van der Waals surface area (Å²) in [7, 11) is 0. The molecule has 1 aliphatic carbocycles. The molecule has 3 nitrogen and oxygen atoms in total. The van der Waals surface area contributed by atoms with Crippen LogP contribution in [0.2, 0.25) is 0 Å². The molecule has 0 bridgehead atoms. The Labute approximate surface area is 117 Å². The number of likely N-dealkylation sites (tertiary alicyclic amines) is 1. The molecule has 3 fully saturated rings. The van der Waals surface area contributed by atoms with Gasteiger partial charge in [0.1, 0.15) is 0 Å². The second kappa shape index (κ2) is 6.25. The van der Waals surface area contributed by atoms with E-state index >= 15 is 0 Å². The number of hydrogen-bond donors (Lipinski definition) is 1. The Hall–Kier alpha value is -0.570. The van der Waals surface area contributed by atoms with Crippen LogP contribution in [0.5, 0.6) is 0 Å². The summed E-state index contributed by atoms with van der Waals surface area (Å²) in [5, 5.41) is 3.51. The molecular weight excluding hydrogens is 236 g/mol. The fourth-order valence-corrected chi connectivity index (χ4v) is 4.36. The number of nitrogens with one attached hydrogen (secondary N) is 1. The third kappa shape index (κ3) is 3.13. The van der Waals surface area contributed by atoms with Crippen LogP contribution in [0.25, 0.3) is 0 Å². The number of rotatable bonds is 2. The molecule has 2 saturated heterocycles. The van der Waals surface area contributed by atoms with Crippen LogP contribution >= 0.6 is 0 Å². The minimum atomic E-state index is 0.427. The molecule has 3 atom stereocenters. The molecule has 0 spiro atoms. The first-order valence-corrected chi connectivity index (χ1v) is 8.37. The first-order chi connectivity index (χ1) is 9.34. The average molecular weight is 264 g/mol. The quantitative estimate of drug-likeness (QED) is 0.831. The highest BCUT2D eigenvalue weighted by Crippen LogP contribution is 2.35. The monoisotopic (exact) mass is 264 g/mol. The van der Waals surface area contributed by atoms with Crippen LogP contribution in [0.15, 0.2) is 0 Å². The van der Waals surface area contributed by atoms with Crippen molar-refractivity contribution in [2.24, 2.45) is 5.92 Å². The van der Waals surface area contributed by atoms with Gasteiger partial charge in [-0.3, -0.25) is 4.79 Å². The molecule has 2 aliphatic heterocycles. The lowest BCUT2D eigenvalue weighted by Gasteiger charge is -2.44. The zero-order valence-corrected chi connectivity index (χ0v) is 12.1. The van der Waals surface area contributed by atoms with E-state index in [2.05, 4.69) is 10.2 Å². The van der Waals surface area contributed by atoms with Crippen molar-refractivity contribution >= 4 is 5.91 Å². The third-order valence-corrected chi connectivity index (χ3v) is 5.40. The summed E-state index contributed by atoms with van der Waals surface area (Å²) in [6.45, 7) is 2.12. The Kier molecular flexibility index (Phi) is 4.42. The normalized spacial score (nSPS) is 35.8. The molecule has 1 N–H and O–H groups in total. The minimum Gasteiger partial charge on any atom is -0.339 e. The zero-order chi connectivity index (χ0) is 13.1. The highest BCUT2D eigenvalue weighted by molar-refractivity contribution is 5.77. The number of fused-ring (bicyclic) bond motifs is 1. The van der Waals surface area contributed by atoms with Gasteiger partial charge >= 0.3 is 0 Å². The molecule has 0 aromatic carbocycles. The van der Waals surface area contributed by atoms with Crippen molar-refractivity contribution in [2.75, 3.05) is 13.1 Å². The molecular formula is C16H28N2O. The predicted octanol–water partition coefficient (Wildman–Crippen LogP) is 2.70. The van der Waals surface area contributed by atoms with Gasteiger partial charge in [0.25, 0.3) is 0 Å². The van der Waals surface area contributed by atoms with E-state index in [1.54, 1.807) is 0 Å². The minimum absolute atomic E-state index is 0.427. The van der Waals surface area contributed by atoms with Crippen LogP contribution in [-0.2, 0) is 4.79 Å². The van der Waals surface area contributed by atoms with Crippen LogP contribution in [-0.4, -0.2) is 36.0 Å². The predicted molar refractivity (Wildman–Crippen MR) is 77.0 cm³/mol. The van der Waals surface area contributed by atoms with Crippen LogP contribution in [0, 0.1) is 5.92 Å². The van der Waals surface area contributed by atoms with Gasteiger partial charge in [-0.1, -0.05) is 19.3 Å². The van der Waals surface area contributed by atoms with Crippen LogP contribution < -0.4 is 5.32 Å². The summed E-state index contributed by atoms with van der Waals surface area (Å²) in [5.41, 5.74) is 0. The van der Waals surface area contributed by atoms with Crippen molar-refractivity contribution in [3.63, 3.8) is 0 Å². The summed E-state index contributed by atoms with van der Waals surface area (Å²) in [6, 6.07) is 1.03. The lowest BCUT2D eigenvalue weighted by atomic mass is 9.78. The maximum Gasteiger partial charge on any atom is 0.224 e. The molecule has 0 aromatic heterocycles. The van der Waals surface area contributed by atoms with Crippen molar-refractivity contribution in [1.82, 2.24) is 10.2 Å². The molecule has 0 radical (unpaired) electrons. The van der Waals surface area contributed by atoms with Crippen LogP contribution in [0.3, 0.4) is 0 Å². The van der Waals surface area contributed by atoms with Gasteiger partial charge in [-0.05, 0) is 51.0 Å². The summed E-state index contributed by atoms with van der Waals surface area (Å²) in [4.78, 5) is 14.9. The SMILES string of the molecule is O=C(CC1CCCCN1)N1CCCC2CCCCC21. The number of piperidine rings is 2. The maximum atomic E-state index is 12.6. The van der Waals surface area contributed by atoms with E-state index < -0.39 is 0 Å². The summed E-state index contributed by atoms with van der Waals surface area (Å²) in [5.74, 6) is 1.24. The zero-order valence-electron chi connectivity index (χ0n) is 12.1. The van der Waals surface area contributed by atoms with E-state index in [1.807, 2.05) is 0 Å². The van der Waals surface area contributed by atoms with Gasteiger partial charge in [0.2, 0.25) is 5.91 Å². The maximum absolute atomic E-state index is 12.6. The molecule has 108 valence electrons. The lowest BCUT2D eigenvalue weighted by molar-refractivity contribution is -0.138. The molecule has 19 heavy (non-hydrogen) atoms. The summed E-state index contributed by atoms with van der Waals surface area (Å²) < 4.78 is 0. The van der Waals surface area contributed by atoms with Crippen molar-refractivity contribution in [3.8, 4) is 0 Å². The third-order valence-electron chi connectivity index (χ3n) is 5.40. The van der Waals surface area contributed by atoms with E-state index in [0.717, 1.165) is 25.4 Å². The Balaban J connectivity index is 1.58. The first-order valence-electron chi connectivity index (χ1n) is 8.37. The number of amides is 1. The molecule has 3 aliphatic rings. The first kappa shape index (κ1) is 13.4. The van der Waals surface area contributed by atoms with Crippen molar-refractivity contribution in [1.29, 1.82) is 0 Å². The second-order valence-electron chi connectivity index (χ2n) is 6.69. The average Bonchev–Trinajstić information content (AvgIpc) is 2.47. The van der Waals surface area contributed by atoms with E-state index in [0.29, 0.717) is 18.0 Å². The Morgan fingerprint density at radius 1 is 1.00 bits per heavy atom. The van der Waals surface area contributed by atoms with E-state index in [4.69, 9.17) is 0 Å². The standard InChI is InChI=1S/C16H28N2O/c19-16(12-14-8-3-4-10-17-14)18-11-5-7-13-6-1-2-9-15(13)18/h13-15,17H,1-12H2. The number of hydrogen-bond acceptors (Lipinski definition) is 2. The molecule has 1 amide bonds. The van der Waals surface area contributed by atoms with Gasteiger partial charge in [-0.2, -0.15) is 0 Å². The fraction of sp³-hybridized carbons (Fsp3) is 0.938. The van der Waals surface area contributed by atoms with E-state index in [-0.39, 0.29) is 0 Å². The molecule has 2 heterocycles. The molecule has 3 rings (SSSR count). The number of carbonyl (C=O) groups is 1. The molecule has 3 unspecified atom stereocenters. The molecule has 0 aromatic rings. The number of nitrogens with zero attached hydrogens (tertiary/aromatic N) is 1. The number of carbonyl (C=O) groups excluding carboxylic acids is 1. The Bertz CT molecular complexity index is 310. The second-order valence-corrected chi connectivity index (χ2v) is 6.69. The molecule has 1 saturated carbocycles. The molecule has 3 heteroatoms. The van der Waals surface area contributed by atoms with Crippen LogP contribution in [0.4, 0.5) is 0 Å². The van der Waals surface area contributed by atoms with Gasteiger partial charge in [0.15, 0.2) is 0 Å². The van der Waals surface area contributed by atoms with Crippen LogP contribution in [0.1, 0.15) is 64.2 Å². The Morgan fingerprint density at radius 3 is 2.63 bits per heavy atom. The van der Waals surface area contributed by atoms with E-state index in [1.165, 1.54) is 57.8 Å². The van der Waals surface area contributed by atoms with Crippen molar-refractivity contribution < 1.29 is 4.79 Å². The van der Waals surface area contributed by atoms with Gasteiger partial charge in [0.05, 0.1) is 0 Å². The topological polar surface area (TPSA) is 32.3 Å². The lowest BCUT2D eigenvalue weighted by Crippen LogP contribution is -2.51. The Morgan fingerprint density at radius 2 is 1.79 bits per heavy atom. The summed E-state index contributed by atoms with van der Waals surface area (Å²) in [6.07, 6.45) is 12.4. The summed E-state index contributed by atoms with van der Waals surface area (Å²) >= 11 is 0. The van der Waals surface area contributed by atoms with Crippen molar-refractivity contribution in [3.05, 3.63) is 0 Å². The van der Waals surface area contributed by atoms with Gasteiger partial charge in [-0.25, -0.2) is 0 Å². The van der Waals surface area contributed by atoms with Crippen molar-refractivity contribution in [2.45, 2.75) is 76.3 Å². The van der Waals surface area contributed by atoms with Gasteiger partial charge < -0.3 is 10.2 Å².